The molecular formula is C27H32N4O3S. The summed E-state index contributed by atoms with van der Waals surface area (Å²) in [6, 6.07) is 14.1. The molecule has 2 amide bonds. The highest BCUT2D eigenvalue weighted by molar-refractivity contribution is 7.99. The van der Waals surface area contributed by atoms with Crippen molar-refractivity contribution in [1.29, 1.82) is 0 Å². The van der Waals surface area contributed by atoms with E-state index in [0.29, 0.717) is 25.3 Å². The van der Waals surface area contributed by atoms with Crippen molar-refractivity contribution in [3.63, 3.8) is 0 Å². The number of imidazole rings is 1. The molecule has 8 heteroatoms. The second-order valence-corrected chi connectivity index (χ2v) is 9.87. The van der Waals surface area contributed by atoms with E-state index in [0.717, 1.165) is 35.0 Å². The number of aryl methyl sites for hydroxylation is 2. The summed E-state index contributed by atoms with van der Waals surface area (Å²) in [6.07, 6.45) is 5.52. The van der Waals surface area contributed by atoms with E-state index in [9.17, 15) is 9.59 Å². The Balaban J connectivity index is 1.24. The highest BCUT2D eigenvalue weighted by Crippen LogP contribution is 2.23. The first-order chi connectivity index (χ1) is 16.9. The Bertz CT molecular complexity index is 1160. The summed E-state index contributed by atoms with van der Waals surface area (Å²) in [7, 11) is 1.62. The minimum absolute atomic E-state index is 0.0104. The first-order valence-corrected chi connectivity index (χ1v) is 12.9. The van der Waals surface area contributed by atoms with Gasteiger partial charge in [-0.2, -0.15) is 0 Å². The third kappa shape index (κ3) is 6.45. The molecule has 4 rings (SSSR count). The van der Waals surface area contributed by atoms with Crippen LogP contribution in [0.15, 0.2) is 60.0 Å². The summed E-state index contributed by atoms with van der Waals surface area (Å²) in [5.74, 6) is 1.12. The number of piperidine rings is 1. The van der Waals surface area contributed by atoms with E-state index < -0.39 is 0 Å². The number of nitrogens with one attached hydrogen (secondary N) is 1. The molecule has 1 saturated heterocycles. The molecule has 1 N–H and O–H groups in total. The standard InChI is InChI=1S/C27H32N4O3S/c1-19-14-20(2)16-23(15-19)31-13-10-28-27(31)35-18-25(32)29-22-8-11-30(12-9-22)26(33)17-21-6-4-5-7-24(21)34-3/h4-7,10,13-16,22H,8-9,11-12,17-18H2,1-3H3,(H,29,32). The van der Waals surface area contributed by atoms with Gasteiger partial charge in [-0.1, -0.05) is 36.0 Å². The van der Waals surface area contributed by atoms with Crippen molar-refractivity contribution in [2.24, 2.45) is 0 Å². The first kappa shape index (κ1) is 24.9. The molecule has 2 aromatic carbocycles. The Morgan fingerprint density at radius 2 is 1.83 bits per heavy atom. The van der Waals surface area contributed by atoms with E-state index in [2.05, 4.69) is 42.3 Å². The fourth-order valence-corrected chi connectivity index (χ4v) is 5.26. The van der Waals surface area contributed by atoms with Gasteiger partial charge in [0.25, 0.3) is 0 Å². The molecule has 1 aromatic heterocycles. The van der Waals surface area contributed by atoms with Gasteiger partial charge in [0.1, 0.15) is 5.75 Å². The lowest BCUT2D eigenvalue weighted by Gasteiger charge is -2.32. The third-order valence-electron chi connectivity index (χ3n) is 6.17. The average molecular weight is 493 g/mol. The Kier molecular flexibility index (Phi) is 8.13. The van der Waals surface area contributed by atoms with Crippen molar-refractivity contribution in [1.82, 2.24) is 19.8 Å². The van der Waals surface area contributed by atoms with Crippen LogP contribution in [0.3, 0.4) is 0 Å². The van der Waals surface area contributed by atoms with Crippen molar-refractivity contribution in [2.45, 2.75) is 44.3 Å². The Labute approximate surface area is 210 Å². The molecule has 7 nitrogen and oxygen atoms in total. The van der Waals surface area contributed by atoms with Crippen LogP contribution in [0.2, 0.25) is 0 Å². The number of hydrogen-bond donors (Lipinski definition) is 1. The molecule has 1 aliphatic heterocycles. The lowest BCUT2D eigenvalue weighted by molar-refractivity contribution is -0.131. The van der Waals surface area contributed by atoms with E-state index in [1.54, 1.807) is 13.3 Å². The smallest absolute Gasteiger partial charge is 0.230 e. The van der Waals surface area contributed by atoms with Gasteiger partial charge in [0.15, 0.2) is 5.16 Å². The first-order valence-electron chi connectivity index (χ1n) is 11.9. The number of amides is 2. The van der Waals surface area contributed by atoms with Crippen LogP contribution in [-0.2, 0) is 16.0 Å². The number of methoxy groups -OCH3 is 1. The van der Waals surface area contributed by atoms with Gasteiger partial charge in [0, 0.05) is 42.8 Å². The Morgan fingerprint density at radius 3 is 2.54 bits per heavy atom. The van der Waals surface area contributed by atoms with Crippen LogP contribution in [0.4, 0.5) is 0 Å². The van der Waals surface area contributed by atoms with E-state index in [1.165, 1.54) is 22.9 Å². The highest BCUT2D eigenvalue weighted by Gasteiger charge is 2.24. The fourth-order valence-electron chi connectivity index (χ4n) is 4.48. The number of hydrogen-bond acceptors (Lipinski definition) is 5. The lowest BCUT2D eigenvalue weighted by atomic mass is 10.0. The quantitative estimate of drug-likeness (QED) is 0.482. The van der Waals surface area contributed by atoms with Gasteiger partial charge in [-0.25, -0.2) is 4.98 Å². The number of nitrogens with zero attached hydrogens (tertiary/aromatic N) is 3. The largest absolute Gasteiger partial charge is 0.496 e. The molecule has 0 atom stereocenters. The monoisotopic (exact) mass is 492 g/mol. The summed E-state index contributed by atoms with van der Waals surface area (Å²) in [4.78, 5) is 31.7. The normalized spacial score (nSPS) is 14.1. The SMILES string of the molecule is COc1ccccc1CC(=O)N1CCC(NC(=O)CSc2nccn2-c2cc(C)cc(C)c2)CC1. The van der Waals surface area contributed by atoms with E-state index in [4.69, 9.17) is 4.74 Å². The number of rotatable bonds is 8. The number of thioether (sulfide) groups is 1. The van der Waals surface area contributed by atoms with Gasteiger partial charge in [-0.15, -0.1) is 0 Å². The van der Waals surface area contributed by atoms with Crippen LogP contribution in [0.5, 0.6) is 5.75 Å². The van der Waals surface area contributed by atoms with Crippen molar-refractivity contribution in [3.05, 3.63) is 71.5 Å². The zero-order valence-electron chi connectivity index (χ0n) is 20.5. The molecule has 35 heavy (non-hydrogen) atoms. The molecule has 1 aliphatic rings. The minimum atomic E-state index is -0.0104. The molecule has 2 heterocycles. The third-order valence-corrected chi connectivity index (χ3v) is 7.14. The summed E-state index contributed by atoms with van der Waals surface area (Å²) >= 11 is 1.43. The Morgan fingerprint density at radius 1 is 1.11 bits per heavy atom. The topological polar surface area (TPSA) is 76.5 Å². The molecule has 3 aromatic rings. The number of ether oxygens (including phenoxy) is 1. The number of carbonyl (C=O) groups excluding carboxylic acids is 2. The van der Waals surface area contributed by atoms with E-state index in [-0.39, 0.29) is 17.9 Å². The average Bonchev–Trinajstić information content (AvgIpc) is 3.32. The second-order valence-electron chi connectivity index (χ2n) is 8.93. The van der Waals surface area contributed by atoms with Gasteiger partial charge in [-0.05, 0) is 56.0 Å². The second kappa shape index (κ2) is 11.4. The van der Waals surface area contributed by atoms with Crippen LogP contribution in [-0.4, -0.2) is 58.3 Å². The summed E-state index contributed by atoms with van der Waals surface area (Å²) in [5.41, 5.74) is 4.32. The lowest BCUT2D eigenvalue weighted by Crippen LogP contribution is -2.47. The highest BCUT2D eigenvalue weighted by atomic mass is 32.2. The van der Waals surface area contributed by atoms with Gasteiger partial charge < -0.3 is 15.0 Å². The Hall–Kier alpha value is -3.26. The van der Waals surface area contributed by atoms with Crippen molar-refractivity contribution < 1.29 is 14.3 Å². The van der Waals surface area contributed by atoms with Gasteiger partial charge >= 0.3 is 0 Å². The minimum Gasteiger partial charge on any atom is -0.496 e. The molecule has 184 valence electrons. The number of likely N-dealkylation sites (tertiary alicyclic amines) is 1. The van der Waals surface area contributed by atoms with Crippen LogP contribution in [0, 0.1) is 13.8 Å². The van der Waals surface area contributed by atoms with E-state index >= 15 is 0 Å². The number of aromatic nitrogens is 2. The zero-order chi connectivity index (χ0) is 24.8. The molecule has 0 unspecified atom stereocenters. The zero-order valence-corrected chi connectivity index (χ0v) is 21.3. The van der Waals surface area contributed by atoms with E-state index in [1.807, 2.05) is 39.9 Å². The van der Waals surface area contributed by atoms with Crippen LogP contribution >= 0.6 is 11.8 Å². The molecule has 0 radical (unpaired) electrons. The van der Waals surface area contributed by atoms with Crippen molar-refractivity contribution >= 4 is 23.6 Å². The molecule has 0 aliphatic carbocycles. The van der Waals surface area contributed by atoms with Gasteiger partial charge in [-0.3, -0.25) is 14.2 Å². The van der Waals surface area contributed by atoms with Gasteiger partial charge in [0.2, 0.25) is 11.8 Å². The molecular weight excluding hydrogens is 460 g/mol. The van der Waals surface area contributed by atoms with Crippen LogP contribution in [0.1, 0.15) is 29.5 Å². The van der Waals surface area contributed by atoms with Gasteiger partial charge in [0.05, 0.1) is 19.3 Å². The van der Waals surface area contributed by atoms with Crippen LogP contribution < -0.4 is 10.1 Å². The molecule has 0 spiro atoms. The fraction of sp³-hybridized carbons (Fsp3) is 0.370. The summed E-state index contributed by atoms with van der Waals surface area (Å²) < 4.78 is 7.38. The molecule has 0 bridgehead atoms. The van der Waals surface area contributed by atoms with Crippen LogP contribution in [0.25, 0.3) is 5.69 Å². The molecule has 1 fully saturated rings. The van der Waals surface area contributed by atoms with Crippen molar-refractivity contribution in [3.8, 4) is 11.4 Å². The summed E-state index contributed by atoms with van der Waals surface area (Å²) in [5, 5.41) is 3.92. The maximum atomic E-state index is 12.8. The predicted molar refractivity (Wildman–Crippen MR) is 138 cm³/mol. The molecule has 0 saturated carbocycles. The maximum Gasteiger partial charge on any atom is 0.230 e. The number of para-hydroxylation sites is 1. The number of benzene rings is 2. The number of carbonyl (C=O) groups is 2. The predicted octanol–water partition coefficient (Wildman–Crippen LogP) is 3.94. The van der Waals surface area contributed by atoms with Crippen molar-refractivity contribution in [2.75, 3.05) is 26.0 Å². The maximum absolute atomic E-state index is 12.8. The summed E-state index contributed by atoms with van der Waals surface area (Å²) in [6.45, 7) is 5.43.